The Labute approximate surface area is 143 Å². The van der Waals surface area contributed by atoms with Crippen LogP contribution in [0.4, 0.5) is 0 Å². The molecule has 1 atom stereocenters. The Balaban J connectivity index is 2.15. The second kappa shape index (κ2) is 7.93. The minimum atomic E-state index is -0.714. The highest BCUT2D eigenvalue weighted by molar-refractivity contribution is 14.1. The zero-order valence-electron chi connectivity index (χ0n) is 12.1. The van der Waals surface area contributed by atoms with Crippen molar-refractivity contribution in [2.75, 3.05) is 7.11 Å². The molecule has 0 aliphatic carbocycles. The predicted molar refractivity (Wildman–Crippen MR) is 92.6 cm³/mol. The highest BCUT2D eigenvalue weighted by Gasteiger charge is 2.23. The summed E-state index contributed by atoms with van der Waals surface area (Å²) in [5.74, 6) is -0.745. The van der Waals surface area contributed by atoms with E-state index in [1.165, 1.54) is 7.11 Å². The maximum Gasteiger partial charge on any atom is 0.328 e. The van der Waals surface area contributed by atoms with E-state index >= 15 is 0 Å². The zero-order valence-corrected chi connectivity index (χ0v) is 14.2. The lowest BCUT2D eigenvalue weighted by Crippen LogP contribution is -2.43. The number of rotatable bonds is 5. The summed E-state index contributed by atoms with van der Waals surface area (Å²) in [5, 5.41) is 2.74. The van der Waals surface area contributed by atoms with Gasteiger partial charge in [0.25, 0.3) is 5.91 Å². The van der Waals surface area contributed by atoms with Crippen molar-refractivity contribution in [3.8, 4) is 0 Å². The number of ether oxygens (including phenoxy) is 1. The van der Waals surface area contributed by atoms with Crippen LogP contribution in [-0.2, 0) is 16.0 Å². The van der Waals surface area contributed by atoms with Crippen molar-refractivity contribution in [2.24, 2.45) is 0 Å². The van der Waals surface area contributed by atoms with Gasteiger partial charge in [-0.2, -0.15) is 0 Å². The predicted octanol–water partition coefficient (Wildman–Crippen LogP) is 2.81. The average Bonchev–Trinajstić information content (AvgIpc) is 2.56. The van der Waals surface area contributed by atoms with E-state index in [0.717, 1.165) is 9.13 Å². The molecule has 5 heteroatoms. The number of benzene rings is 2. The van der Waals surface area contributed by atoms with Gasteiger partial charge in [-0.05, 0) is 46.4 Å². The first kappa shape index (κ1) is 16.5. The van der Waals surface area contributed by atoms with E-state index in [1.807, 2.05) is 30.3 Å². The summed E-state index contributed by atoms with van der Waals surface area (Å²) in [5.41, 5.74) is 1.51. The number of methoxy groups -OCH3 is 1. The summed E-state index contributed by atoms with van der Waals surface area (Å²) in [6.07, 6.45) is 0.393. The summed E-state index contributed by atoms with van der Waals surface area (Å²) in [4.78, 5) is 24.2. The van der Waals surface area contributed by atoms with Gasteiger partial charge in [-0.1, -0.05) is 36.4 Å². The maximum absolute atomic E-state index is 12.2. The molecule has 2 rings (SSSR count). The van der Waals surface area contributed by atoms with Gasteiger partial charge in [0.2, 0.25) is 0 Å². The van der Waals surface area contributed by atoms with Gasteiger partial charge in [0.1, 0.15) is 6.04 Å². The third kappa shape index (κ3) is 4.30. The fraction of sp³-hybridized carbons (Fsp3) is 0.176. The molecule has 0 spiro atoms. The lowest BCUT2D eigenvalue weighted by Gasteiger charge is -2.17. The van der Waals surface area contributed by atoms with E-state index in [0.29, 0.717) is 12.0 Å². The van der Waals surface area contributed by atoms with Crippen LogP contribution in [0.25, 0.3) is 0 Å². The molecular formula is C17H16INO3. The SMILES string of the molecule is COC(=O)[C@H](Cc1ccccc1I)NC(=O)c1ccccc1. The number of nitrogens with one attached hydrogen (secondary N) is 1. The van der Waals surface area contributed by atoms with Crippen LogP contribution in [0, 0.1) is 3.57 Å². The molecular weight excluding hydrogens is 393 g/mol. The first-order chi connectivity index (χ1) is 10.6. The van der Waals surface area contributed by atoms with E-state index in [4.69, 9.17) is 4.74 Å². The fourth-order valence-electron chi connectivity index (χ4n) is 2.05. The van der Waals surface area contributed by atoms with Crippen LogP contribution in [0.15, 0.2) is 54.6 Å². The molecule has 114 valence electrons. The minimum absolute atomic E-state index is 0.290. The molecule has 0 radical (unpaired) electrons. The molecule has 0 saturated heterocycles. The fourth-order valence-corrected chi connectivity index (χ4v) is 2.66. The molecule has 0 fully saturated rings. The normalized spacial score (nSPS) is 11.5. The van der Waals surface area contributed by atoms with Gasteiger partial charge >= 0.3 is 5.97 Å². The standard InChI is InChI=1S/C17H16INO3/c1-22-17(21)15(11-13-9-5-6-10-14(13)18)19-16(20)12-7-3-2-4-8-12/h2-10,15H,11H2,1H3,(H,19,20)/t15-/m0/s1. The monoisotopic (exact) mass is 409 g/mol. The molecule has 1 N–H and O–H groups in total. The number of halogens is 1. The summed E-state index contributed by atoms with van der Waals surface area (Å²) >= 11 is 2.21. The number of esters is 1. The number of hydrogen-bond donors (Lipinski definition) is 1. The van der Waals surface area contributed by atoms with Crippen LogP contribution in [0.3, 0.4) is 0 Å². The van der Waals surface area contributed by atoms with E-state index in [-0.39, 0.29) is 5.91 Å². The molecule has 0 aliphatic heterocycles. The minimum Gasteiger partial charge on any atom is -0.467 e. The van der Waals surface area contributed by atoms with E-state index in [9.17, 15) is 9.59 Å². The van der Waals surface area contributed by atoms with Gasteiger partial charge in [-0.3, -0.25) is 4.79 Å². The summed E-state index contributed by atoms with van der Waals surface area (Å²) < 4.78 is 5.85. The lowest BCUT2D eigenvalue weighted by molar-refractivity contribution is -0.142. The Morgan fingerprint density at radius 2 is 1.73 bits per heavy atom. The van der Waals surface area contributed by atoms with Crippen LogP contribution >= 0.6 is 22.6 Å². The highest BCUT2D eigenvalue weighted by Crippen LogP contribution is 2.14. The molecule has 2 aromatic carbocycles. The maximum atomic E-state index is 12.2. The number of carbonyl (C=O) groups excluding carboxylic acids is 2. The largest absolute Gasteiger partial charge is 0.467 e. The van der Waals surface area contributed by atoms with Gasteiger partial charge in [0, 0.05) is 15.6 Å². The number of carbonyl (C=O) groups is 2. The van der Waals surface area contributed by atoms with Crippen LogP contribution in [0.2, 0.25) is 0 Å². The molecule has 0 bridgehead atoms. The quantitative estimate of drug-likeness (QED) is 0.611. The van der Waals surface area contributed by atoms with Crippen molar-refractivity contribution in [1.29, 1.82) is 0 Å². The molecule has 0 unspecified atom stereocenters. The van der Waals surface area contributed by atoms with Crippen molar-refractivity contribution in [2.45, 2.75) is 12.5 Å². The highest BCUT2D eigenvalue weighted by atomic mass is 127. The lowest BCUT2D eigenvalue weighted by atomic mass is 10.1. The average molecular weight is 409 g/mol. The van der Waals surface area contributed by atoms with Gasteiger partial charge in [-0.25, -0.2) is 4.79 Å². The molecule has 4 nitrogen and oxygen atoms in total. The Kier molecular flexibility index (Phi) is 5.94. The Hall–Kier alpha value is -1.89. The zero-order chi connectivity index (χ0) is 15.9. The van der Waals surface area contributed by atoms with Crippen LogP contribution in [-0.4, -0.2) is 25.0 Å². The summed E-state index contributed by atoms with van der Waals surface area (Å²) in [7, 11) is 1.32. The second-order valence-electron chi connectivity index (χ2n) is 4.71. The van der Waals surface area contributed by atoms with Crippen molar-refractivity contribution in [3.05, 3.63) is 69.3 Å². The Morgan fingerprint density at radius 1 is 1.09 bits per heavy atom. The topological polar surface area (TPSA) is 55.4 Å². The van der Waals surface area contributed by atoms with Gasteiger partial charge in [0.15, 0.2) is 0 Å². The first-order valence-electron chi connectivity index (χ1n) is 6.79. The summed E-state index contributed by atoms with van der Waals surface area (Å²) in [6.45, 7) is 0. The summed E-state index contributed by atoms with van der Waals surface area (Å²) in [6, 6.07) is 15.8. The van der Waals surface area contributed by atoms with Gasteiger partial charge in [0.05, 0.1) is 7.11 Å². The molecule has 22 heavy (non-hydrogen) atoms. The third-order valence-electron chi connectivity index (χ3n) is 3.21. The molecule has 0 aromatic heterocycles. The molecule has 0 saturated carbocycles. The molecule has 2 aromatic rings. The van der Waals surface area contributed by atoms with E-state index < -0.39 is 12.0 Å². The van der Waals surface area contributed by atoms with Crippen molar-refractivity contribution < 1.29 is 14.3 Å². The molecule has 1 amide bonds. The van der Waals surface area contributed by atoms with Gasteiger partial charge < -0.3 is 10.1 Å². The Morgan fingerprint density at radius 3 is 2.36 bits per heavy atom. The van der Waals surface area contributed by atoms with Crippen molar-refractivity contribution in [3.63, 3.8) is 0 Å². The second-order valence-corrected chi connectivity index (χ2v) is 5.87. The first-order valence-corrected chi connectivity index (χ1v) is 7.87. The smallest absolute Gasteiger partial charge is 0.328 e. The van der Waals surface area contributed by atoms with Crippen molar-refractivity contribution in [1.82, 2.24) is 5.32 Å². The van der Waals surface area contributed by atoms with Crippen molar-refractivity contribution >= 4 is 34.5 Å². The number of hydrogen-bond acceptors (Lipinski definition) is 3. The molecule has 0 heterocycles. The van der Waals surface area contributed by atoms with E-state index in [2.05, 4.69) is 27.9 Å². The molecule has 0 aliphatic rings. The van der Waals surface area contributed by atoms with Crippen LogP contribution in [0.1, 0.15) is 15.9 Å². The Bertz CT molecular complexity index is 658. The van der Waals surface area contributed by atoms with Crippen LogP contribution in [0.5, 0.6) is 0 Å². The van der Waals surface area contributed by atoms with E-state index in [1.54, 1.807) is 24.3 Å². The number of amides is 1. The van der Waals surface area contributed by atoms with Crippen LogP contribution < -0.4 is 5.32 Å². The van der Waals surface area contributed by atoms with Gasteiger partial charge in [-0.15, -0.1) is 0 Å². The third-order valence-corrected chi connectivity index (χ3v) is 4.26.